The number of amides is 2. The minimum absolute atomic E-state index is 0. The standard InChI is InChI=1S/C11H9NO2.H3N/c1-7-3-2-4-8(5-7)9-6-10(13)12-11(9)14;/h2-6H,1H3,(H,12,13,14);1H3/i;1-12. The Morgan fingerprint density at radius 3 is 2.47 bits per heavy atom. The van der Waals surface area contributed by atoms with Gasteiger partial charge in [-0.05, 0) is 12.5 Å². The van der Waals surface area contributed by atoms with Crippen LogP contribution in [0.3, 0.4) is 0 Å². The van der Waals surface area contributed by atoms with Crippen molar-refractivity contribution < 1.29 is 9.59 Å². The van der Waals surface area contributed by atoms with Crippen LogP contribution in [0.4, 0.5) is 0 Å². The van der Waals surface area contributed by atoms with E-state index in [0.29, 0.717) is 5.57 Å². The van der Waals surface area contributed by atoms with Crippen LogP contribution in [0.5, 0.6) is 0 Å². The Bertz CT molecular complexity index is 450. The summed E-state index contributed by atoms with van der Waals surface area (Å²) in [6.07, 6.45) is 1.33. The molecule has 0 unspecified atom stereocenters. The maximum atomic E-state index is 11.3. The van der Waals surface area contributed by atoms with Crippen LogP contribution in [-0.4, -0.2) is 11.8 Å². The van der Waals surface area contributed by atoms with E-state index in [1.54, 1.807) is 0 Å². The Hall–Kier alpha value is -1.94. The van der Waals surface area contributed by atoms with Crippen LogP contribution in [0.1, 0.15) is 11.1 Å². The van der Waals surface area contributed by atoms with Gasteiger partial charge in [0.1, 0.15) is 0 Å². The van der Waals surface area contributed by atoms with E-state index in [0.717, 1.165) is 11.1 Å². The van der Waals surface area contributed by atoms with Crippen LogP contribution in [0, 0.1) is 6.92 Å². The van der Waals surface area contributed by atoms with Gasteiger partial charge in [0.15, 0.2) is 0 Å². The van der Waals surface area contributed by atoms with Crippen molar-refractivity contribution in [2.45, 2.75) is 6.92 Å². The van der Waals surface area contributed by atoms with Gasteiger partial charge in [0.2, 0.25) is 0 Å². The molecule has 78 valence electrons. The summed E-state index contributed by atoms with van der Waals surface area (Å²) < 4.78 is 0. The second-order valence-electron chi connectivity index (χ2n) is 3.25. The zero-order valence-electron chi connectivity index (χ0n) is 8.41. The first kappa shape index (κ1) is 11.1. The topological polar surface area (TPSA) is 81.2 Å². The third-order valence-electron chi connectivity index (χ3n) is 2.09. The quantitative estimate of drug-likeness (QED) is 0.656. The molecule has 0 aromatic heterocycles. The van der Waals surface area contributed by atoms with Gasteiger partial charge in [0, 0.05) is 6.08 Å². The largest absolute Gasteiger partial charge is 0.344 e. The lowest BCUT2D eigenvalue weighted by molar-refractivity contribution is -0.123. The molecule has 0 aliphatic carbocycles. The second-order valence-corrected chi connectivity index (χ2v) is 3.25. The Morgan fingerprint density at radius 1 is 1.20 bits per heavy atom. The van der Waals surface area contributed by atoms with E-state index in [4.69, 9.17) is 0 Å². The number of imide groups is 1. The number of benzene rings is 1. The van der Waals surface area contributed by atoms with Gasteiger partial charge in [-0.15, -0.1) is 0 Å². The first-order valence-electron chi connectivity index (χ1n) is 4.31. The highest BCUT2D eigenvalue weighted by atomic mass is 16.2. The molecule has 1 heterocycles. The molecular formula is C11H12N2O2. The summed E-state index contributed by atoms with van der Waals surface area (Å²) in [7, 11) is 0. The number of rotatable bonds is 1. The lowest BCUT2D eigenvalue weighted by Crippen LogP contribution is -2.21. The van der Waals surface area contributed by atoms with Crippen LogP contribution in [0.15, 0.2) is 30.3 Å². The summed E-state index contributed by atoms with van der Waals surface area (Å²) in [6, 6.07) is 7.50. The summed E-state index contributed by atoms with van der Waals surface area (Å²) in [6.45, 7) is 1.94. The summed E-state index contributed by atoms with van der Waals surface area (Å²) in [5.41, 5.74) is 2.29. The number of aryl methyl sites for hydroxylation is 1. The average Bonchev–Trinajstić information content (AvgIpc) is 2.45. The first-order chi connectivity index (χ1) is 6.66. The van der Waals surface area contributed by atoms with E-state index in [9.17, 15) is 9.59 Å². The van der Waals surface area contributed by atoms with Gasteiger partial charge in [-0.1, -0.05) is 29.8 Å². The molecular weight excluding hydrogens is 180 g/mol. The predicted molar refractivity (Wildman–Crippen MR) is 57.3 cm³/mol. The lowest BCUT2D eigenvalue weighted by Gasteiger charge is -2.00. The molecule has 0 radical (unpaired) electrons. The van der Waals surface area contributed by atoms with Crippen molar-refractivity contribution in [3.05, 3.63) is 41.5 Å². The molecule has 4 nitrogen and oxygen atoms in total. The molecule has 1 aliphatic heterocycles. The van der Waals surface area contributed by atoms with Crippen LogP contribution >= 0.6 is 0 Å². The Balaban J connectivity index is 0.00000112. The minimum atomic E-state index is -0.341. The highest BCUT2D eigenvalue weighted by Gasteiger charge is 2.21. The van der Waals surface area contributed by atoms with Crippen LogP contribution < -0.4 is 11.5 Å². The molecule has 0 saturated carbocycles. The Labute approximate surface area is 87.6 Å². The van der Waals surface area contributed by atoms with E-state index in [-0.39, 0.29) is 18.0 Å². The minimum Gasteiger partial charge on any atom is -0.344 e. The smallest absolute Gasteiger partial charge is 0.258 e. The molecule has 2 amide bonds. The molecule has 1 aliphatic rings. The van der Waals surface area contributed by atoms with E-state index in [1.165, 1.54) is 6.08 Å². The van der Waals surface area contributed by atoms with Crippen molar-refractivity contribution in [2.24, 2.45) is 0 Å². The van der Waals surface area contributed by atoms with Crippen molar-refractivity contribution in [1.29, 1.82) is 0 Å². The second kappa shape index (κ2) is 4.06. The highest BCUT2D eigenvalue weighted by molar-refractivity contribution is 6.33. The molecule has 15 heavy (non-hydrogen) atoms. The maximum Gasteiger partial charge on any atom is 0.258 e. The Kier molecular flexibility index (Phi) is 3.01. The van der Waals surface area contributed by atoms with Gasteiger partial charge < -0.3 is 6.15 Å². The highest BCUT2D eigenvalue weighted by Crippen LogP contribution is 2.18. The van der Waals surface area contributed by atoms with Crippen molar-refractivity contribution in [3.63, 3.8) is 0 Å². The molecule has 0 fully saturated rings. The van der Waals surface area contributed by atoms with Gasteiger partial charge in [-0.25, -0.2) is 0 Å². The van der Waals surface area contributed by atoms with Gasteiger partial charge in [0.25, 0.3) is 11.8 Å². The molecule has 1 aromatic rings. The number of hydrogen-bond acceptors (Lipinski definition) is 3. The fourth-order valence-corrected chi connectivity index (χ4v) is 1.44. The average molecular weight is 192 g/mol. The van der Waals surface area contributed by atoms with Crippen LogP contribution in [0.25, 0.3) is 5.57 Å². The zero-order chi connectivity index (χ0) is 10.1. The summed E-state index contributed by atoms with van der Waals surface area (Å²) in [5.74, 6) is -0.660. The first-order valence-corrected chi connectivity index (χ1v) is 4.31. The summed E-state index contributed by atoms with van der Waals surface area (Å²) in [5, 5.41) is 2.21. The van der Waals surface area contributed by atoms with Gasteiger partial charge in [-0.3, -0.25) is 14.9 Å². The van der Waals surface area contributed by atoms with Crippen LogP contribution in [0.2, 0.25) is 0 Å². The van der Waals surface area contributed by atoms with Gasteiger partial charge >= 0.3 is 0 Å². The van der Waals surface area contributed by atoms with Crippen molar-refractivity contribution in [3.8, 4) is 0 Å². The molecule has 4 N–H and O–H groups in total. The van der Waals surface area contributed by atoms with Gasteiger partial charge in [-0.2, -0.15) is 0 Å². The molecule has 0 spiro atoms. The summed E-state index contributed by atoms with van der Waals surface area (Å²) >= 11 is 0. The van der Waals surface area contributed by atoms with Crippen molar-refractivity contribution in [2.75, 3.05) is 0 Å². The van der Waals surface area contributed by atoms with Crippen molar-refractivity contribution >= 4 is 17.4 Å². The molecule has 4 heteroatoms. The molecule has 0 bridgehead atoms. The normalized spacial score (nSPS) is 14.3. The molecule has 2 rings (SSSR count). The number of carbonyl (C=O) groups excluding carboxylic acids is 2. The van der Waals surface area contributed by atoms with E-state index in [1.807, 2.05) is 31.2 Å². The maximum absolute atomic E-state index is 11.3. The van der Waals surface area contributed by atoms with E-state index in [2.05, 4.69) is 5.32 Å². The fourth-order valence-electron chi connectivity index (χ4n) is 1.44. The predicted octanol–water partition coefficient (Wildman–Crippen LogP) is 1.20. The number of hydrogen-bond donors (Lipinski definition) is 2. The molecule has 1 aromatic carbocycles. The summed E-state index contributed by atoms with van der Waals surface area (Å²) in [4.78, 5) is 22.2. The lowest BCUT2D eigenvalue weighted by atomic mass is 2.00. The number of carbonyl (C=O) groups is 2. The van der Waals surface area contributed by atoms with E-state index < -0.39 is 0 Å². The molecule has 0 atom stereocenters. The SMILES string of the molecule is Cc1cccc(C2=CC(=O)NC2=O)c1.[2NH3]. The fraction of sp³-hybridized carbons (Fsp3) is 0.0909. The molecule has 0 saturated heterocycles. The Morgan fingerprint density at radius 2 is 1.93 bits per heavy atom. The third-order valence-corrected chi connectivity index (χ3v) is 2.09. The monoisotopic (exact) mass is 192 g/mol. The zero-order valence-corrected chi connectivity index (χ0v) is 8.41. The van der Waals surface area contributed by atoms with Crippen molar-refractivity contribution in [1.82, 2.24) is 11.5 Å². The van der Waals surface area contributed by atoms with E-state index >= 15 is 0 Å². The number of nitrogens with one attached hydrogen (secondary N) is 1. The van der Waals surface area contributed by atoms with Crippen LogP contribution in [-0.2, 0) is 9.59 Å². The third kappa shape index (κ3) is 2.11. The van der Waals surface area contributed by atoms with Gasteiger partial charge in [0.05, 0.1) is 5.57 Å².